The molecule has 140 valence electrons. The molecule has 2 N–H and O–H groups in total. The Morgan fingerprint density at radius 3 is 2.29 bits per heavy atom. The number of pyridine rings is 1. The van der Waals surface area contributed by atoms with Crippen LogP contribution in [0, 0.1) is 0 Å². The zero-order valence-electron chi connectivity index (χ0n) is 14.3. The second-order valence-corrected chi connectivity index (χ2v) is 6.02. The van der Waals surface area contributed by atoms with E-state index in [1.807, 2.05) is 0 Å². The molecule has 0 aliphatic heterocycles. The van der Waals surface area contributed by atoms with Crippen molar-refractivity contribution >= 4 is 5.82 Å². The highest BCUT2D eigenvalue weighted by molar-refractivity contribution is 5.72. The van der Waals surface area contributed by atoms with Crippen LogP contribution in [0.1, 0.15) is 5.56 Å². The molecule has 0 fully saturated rings. The minimum atomic E-state index is -4.53. The number of benzene rings is 2. The van der Waals surface area contributed by atoms with Gasteiger partial charge in [-0.25, -0.2) is 4.98 Å². The van der Waals surface area contributed by atoms with Crippen molar-refractivity contribution in [1.82, 2.24) is 15.1 Å². The van der Waals surface area contributed by atoms with Crippen molar-refractivity contribution in [1.29, 1.82) is 0 Å². The number of nitrogens with two attached hydrogens (primary N) is 1. The van der Waals surface area contributed by atoms with Crippen molar-refractivity contribution in [3.8, 4) is 34.0 Å². The van der Waals surface area contributed by atoms with Crippen LogP contribution in [0.15, 0.2) is 71.4 Å². The van der Waals surface area contributed by atoms with Gasteiger partial charge in [0, 0.05) is 11.8 Å². The zero-order valence-corrected chi connectivity index (χ0v) is 14.3. The second-order valence-electron chi connectivity index (χ2n) is 6.02. The van der Waals surface area contributed by atoms with Crippen LogP contribution in [-0.2, 0) is 6.18 Å². The minimum absolute atomic E-state index is 0.0527. The molecule has 2 aromatic carbocycles. The maximum absolute atomic E-state index is 13.7. The van der Waals surface area contributed by atoms with Gasteiger partial charge in [-0.1, -0.05) is 47.6 Å². The lowest BCUT2D eigenvalue weighted by Gasteiger charge is -2.14. The summed E-state index contributed by atoms with van der Waals surface area (Å²) in [4.78, 5) is 8.11. The normalized spacial score (nSPS) is 11.5. The Kier molecular flexibility index (Phi) is 4.31. The lowest BCUT2D eigenvalue weighted by molar-refractivity contribution is -0.137. The molecule has 4 rings (SSSR count). The first-order valence-electron chi connectivity index (χ1n) is 8.24. The number of nitrogen functional groups attached to an aromatic ring is 1. The Hall–Kier alpha value is -3.68. The molecule has 0 aliphatic carbocycles. The van der Waals surface area contributed by atoms with Crippen LogP contribution in [0.4, 0.5) is 19.0 Å². The maximum atomic E-state index is 13.7. The molecule has 5 nitrogen and oxygen atoms in total. The van der Waals surface area contributed by atoms with Gasteiger partial charge in [0.25, 0.3) is 5.89 Å². The molecule has 0 amide bonds. The van der Waals surface area contributed by atoms with Gasteiger partial charge < -0.3 is 10.3 Å². The molecule has 0 bridgehead atoms. The van der Waals surface area contributed by atoms with Gasteiger partial charge in [0.05, 0.1) is 11.1 Å². The molecule has 0 atom stereocenters. The number of alkyl halides is 3. The summed E-state index contributed by atoms with van der Waals surface area (Å²) in [6.07, 6.45) is -3.08. The van der Waals surface area contributed by atoms with E-state index in [-0.39, 0.29) is 22.8 Å². The van der Waals surface area contributed by atoms with E-state index in [0.29, 0.717) is 16.9 Å². The van der Waals surface area contributed by atoms with Crippen LogP contribution >= 0.6 is 0 Å². The summed E-state index contributed by atoms with van der Waals surface area (Å²) in [5.41, 5.74) is 6.05. The quantitative estimate of drug-likeness (QED) is 0.535. The second kappa shape index (κ2) is 6.80. The monoisotopic (exact) mass is 382 g/mol. The summed E-state index contributed by atoms with van der Waals surface area (Å²) in [5, 5.41) is 3.80. The minimum Gasteiger partial charge on any atom is -0.384 e. The van der Waals surface area contributed by atoms with Crippen molar-refractivity contribution in [2.45, 2.75) is 6.18 Å². The predicted molar refractivity (Wildman–Crippen MR) is 97.8 cm³/mol. The highest BCUT2D eigenvalue weighted by Crippen LogP contribution is 2.39. The first-order valence-corrected chi connectivity index (χ1v) is 8.24. The number of halogens is 3. The number of nitrogens with zero attached hydrogens (tertiary/aromatic N) is 3. The molecule has 0 saturated carbocycles. The Morgan fingerprint density at radius 2 is 1.61 bits per heavy atom. The summed E-state index contributed by atoms with van der Waals surface area (Å²) in [5.74, 6) is 0.523. The van der Waals surface area contributed by atoms with E-state index in [2.05, 4.69) is 15.1 Å². The predicted octanol–water partition coefficient (Wildman–Crippen LogP) is 5.07. The van der Waals surface area contributed by atoms with Crippen LogP contribution in [-0.4, -0.2) is 15.1 Å². The molecule has 2 heterocycles. The standard InChI is InChI=1S/C20H13F3N4O/c21-20(22,23)16-10-13(6-8-15(16)12-4-2-1-3-5-12)18-26-19(28-27-18)14-7-9-17(24)25-11-14/h1-11H,(H2,24,25). The van der Waals surface area contributed by atoms with E-state index in [1.165, 1.54) is 18.3 Å². The smallest absolute Gasteiger partial charge is 0.384 e. The van der Waals surface area contributed by atoms with Crippen molar-refractivity contribution in [2.24, 2.45) is 0 Å². The SMILES string of the molecule is Nc1ccc(-c2nc(-c3ccc(-c4ccccc4)c(C(F)(F)F)c3)no2)cn1. The van der Waals surface area contributed by atoms with Crippen LogP contribution in [0.5, 0.6) is 0 Å². The fourth-order valence-electron chi connectivity index (χ4n) is 2.78. The fraction of sp³-hybridized carbons (Fsp3) is 0.0500. The van der Waals surface area contributed by atoms with Gasteiger partial charge in [0.2, 0.25) is 5.82 Å². The molecule has 0 aliphatic rings. The molecule has 0 unspecified atom stereocenters. The molecular formula is C20H13F3N4O. The Balaban J connectivity index is 1.76. The summed E-state index contributed by atoms with van der Waals surface area (Å²) < 4.78 is 46.1. The van der Waals surface area contributed by atoms with Crippen LogP contribution < -0.4 is 5.73 Å². The highest BCUT2D eigenvalue weighted by Gasteiger charge is 2.34. The van der Waals surface area contributed by atoms with Crippen molar-refractivity contribution in [2.75, 3.05) is 5.73 Å². The van der Waals surface area contributed by atoms with Crippen molar-refractivity contribution < 1.29 is 17.7 Å². The lowest BCUT2D eigenvalue weighted by atomic mass is 9.97. The van der Waals surface area contributed by atoms with Gasteiger partial charge in [0.15, 0.2) is 0 Å². The van der Waals surface area contributed by atoms with E-state index in [9.17, 15) is 13.2 Å². The van der Waals surface area contributed by atoms with E-state index in [0.717, 1.165) is 6.07 Å². The maximum Gasteiger partial charge on any atom is 0.417 e. The topological polar surface area (TPSA) is 77.8 Å². The average Bonchev–Trinajstić information content (AvgIpc) is 3.18. The van der Waals surface area contributed by atoms with E-state index >= 15 is 0 Å². The van der Waals surface area contributed by atoms with E-state index < -0.39 is 11.7 Å². The van der Waals surface area contributed by atoms with E-state index in [4.69, 9.17) is 10.3 Å². The molecule has 0 spiro atoms. The third-order valence-electron chi connectivity index (χ3n) is 4.13. The van der Waals surface area contributed by atoms with Crippen molar-refractivity contribution in [3.05, 3.63) is 72.4 Å². The Bertz CT molecular complexity index is 1110. The molecule has 8 heteroatoms. The summed E-state index contributed by atoms with van der Waals surface area (Å²) in [6.45, 7) is 0. The van der Waals surface area contributed by atoms with Crippen LogP contribution in [0.25, 0.3) is 34.0 Å². The fourth-order valence-corrected chi connectivity index (χ4v) is 2.78. The summed E-state index contributed by atoms with van der Waals surface area (Å²) >= 11 is 0. The zero-order chi connectivity index (χ0) is 19.7. The van der Waals surface area contributed by atoms with Gasteiger partial charge in [-0.2, -0.15) is 18.2 Å². The van der Waals surface area contributed by atoms with E-state index in [1.54, 1.807) is 42.5 Å². The van der Waals surface area contributed by atoms with Gasteiger partial charge in [-0.15, -0.1) is 0 Å². The summed E-state index contributed by atoms with van der Waals surface area (Å²) in [6, 6.07) is 15.6. The van der Waals surface area contributed by atoms with Gasteiger partial charge in [0.1, 0.15) is 5.82 Å². The first-order chi connectivity index (χ1) is 13.4. The Labute approximate surface area is 157 Å². The molecule has 2 aromatic heterocycles. The molecule has 28 heavy (non-hydrogen) atoms. The molecule has 4 aromatic rings. The number of hydrogen-bond acceptors (Lipinski definition) is 5. The van der Waals surface area contributed by atoms with Gasteiger partial charge in [-0.05, 0) is 29.3 Å². The van der Waals surface area contributed by atoms with Crippen LogP contribution in [0.3, 0.4) is 0 Å². The number of rotatable bonds is 3. The summed E-state index contributed by atoms with van der Waals surface area (Å²) in [7, 11) is 0. The number of hydrogen-bond donors (Lipinski definition) is 1. The third kappa shape index (κ3) is 3.44. The molecular weight excluding hydrogens is 369 g/mol. The molecule has 0 radical (unpaired) electrons. The molecule has 0 saturated heterocycles. The highest BCUT2D eigenvalue weighted by atomic mass is 19.4. The largest absolute Gasteiger partial charge is 0.417 e. The first kappa shape index (κ1) is 17.7. The number of anilines is 1. The average molecular weight is 382 g/mol. The lowest BCUT2D eigenvalue weighted by Crippen LogP contribution is -2.07. The van der Waals surface area contributed by atoms with Gasteiger partial charge in [-0.3, -0.25) is 0 Å². The number of aromatic nitrogens is 3. The van der Waals surface area contributed by atoms with Crippen LogP contribution in [0.2, 0.25) is 0 Å². The third-order valence-corrected chi connectivity index (χ3v) is 4.13. The Morgan fingerprint density at radius 1 is 0.857 bits per heavy atom. The van der Waals surface area contributed by atoms with Gasteiger partial charge >= 0.3 is 6.18 Å². The van der Waals surface area contributed by atoms with Crippen molar-refractivity contribution in [3.63, 3.8) is 0 Å².